The van der Waals surface area contributed by atoms with Crippen LogP contribution in [0.4, 0.5) is 0 Å². The molecule has 7 nitrogen and oxygen atoms in total. The van der Waals surface area contributed by atoms with Crippen molar-refractivity contribution in [1.29, 1.82) is 0 Å². The van der Waals surface area contributed by atoms with Gasteiger partial charge in [-0.25, -0.2) is 4.99 Å². The predicted molar refractivity (Wildman–Crippen MR) is 121 cm³/mol. The number of rotatable bonds is 8. The van der Waals surface area contributed by atoms with Gasteiger partial charge >= 0.3 is 0 Å². The van der Waals surface area contributed by atoms with Gasteiger partial charge in [0.1, 0.15) is 17.7 Å². The lowest BCUT2D eigenvalue weighted by Crippen LogP contribution is -2.42. The van der Waals surface area contributed by atoms with Crippen molar-refractivity contribution in [2.24, 2.45) is 4.99 Å². The molecule has 1 aliphatic heterocycles. The number of ether oxygens (including phenoxy) is 1. The molecule has 0 bridgehead atoms. The Balaban J connectivity index is 0.00000280. The Bertz CT molecular complexity index is 717. The summed E-state index contributed by atoms with van der Waals surface area (Å²) in [6.07, 6.45) is 4.07. The lowest BCUT2D eigenvalue weighted by Gasteiger charge is -2.29. The topological polar surface area (TPSA) is 74.9 Å². The molecule has 2 heterocycles. The molecule has 0 spiro atoms. The molecular weight excluding hydrogens is 469 g/mol. The van der Waals surface area contributed by atoms with Gasteiger partial charge in [0.25, 0.3) is 0 Å². The summed E-state index contributed by atoms with van der Waals surface area (Å²) in [6.45, 7) is 6.37. The first kappa shape index (κ1) is 22.5. The Hall–Kier alpha value is -1.81. The molecule has 1 aliphatic rings. The number of aromatic nitrogens is 1. The van der Waals surface area contributed by atoms with Gasteiger partial charge in [0.05, 0.1) is 19.7 Å². The monoisotopic (exact) mass is 499 g/mol. The number of likely N-dealkylation sites (tertiary alicyclic amines) is 1. The second-order valence-electron chi connectivity index (χ2n) is 6.60. The minimum atomic E-state index is 0. The maximum absolute atomic E-state index is 5.42. The normalized spacial score (nSPS) is 15.7. The summed E-state index contributed by atoms with van der Waals surface area (Å²) >= 11 is 0. The van der Waals surface area contributed by atoms with E-state index in [9.17, 15) is 0 Å². The number of guanidine groups is 1. The van der Waals surface area contributed by atoms with Crippen molar-refractivity contribution in [3.05, 3.63) is 47.9 Å². The van der Waals surface area contributed by atoms with E-state index in [1.807, 2.05) is 12.1 Å². The maximum atomic E-state index is 5.42. The van der Waals surface area contributed by atoms with Gasteiger partial charge in [0, 0.05) is 19.2 Å². The highest BCUT2D eigenvalue weighted by molar-refractivity contribution is 14.0. The van der Waals surface area contributed by atoms with Gasteiger partial charge in [-0.15, -0.1) is 24.0 Å². The summed E-state index contributed by atoms with van der Waals surface area (Å²) < 4.78 is 10.3. The lowest BCUT2D eigenvalue weighted by molar-refractivity contribution is 0.245. The summed E-state index contributed by atoms with van der Waals surface area (Å²) in [7, 11) is 1.71. The molecule has 1 atom stereocenters. The molecule has 1 unspecified atom stereocenters. The van der Waals surface area contributed by atoms with Crippen LogP contribution in [0.1, 0.15) is 37.1 Å². The molecule has 28 heavy (non-hydrogen) atoms. The minimum absolute atomic E-state index is 0. The van der Waals surface area contributed by atoms with Crippen molar-refractivity contribution in [2.45, 2.75) is 32.4 Å². The Labute approximate surface area is 183 Å². The smallest absolute Gasteiger partial charge is 0.191 e. The van der Waals surface area contributed by atoms with Gasteiger partial charge in [-0.1, -0.05) is 17.3 Å². The fraction of sp³-hybridized carbons (Fsp3) is 0.500. The Morgan fingerprint density at radius 3 is 2.79 bits per heavy atom. The Kier molecular flexibility index (Phi) is 9.56. The van der Waals surface area contributed by atoms with E-state index in [1.165, 1.54) is 18.4 Å². The molecule has 0 saturated carbocycles. The van der Waals surface area contributed by atoms with Crippen LogP contribution in [0.15, 0.2) is 46.1 Å². The number of hydrogen-bond acceptors (Lipinski definition) is 5. The highest BCUT2D eigenvalue weighted by atomic mass is 127. The third-order valence-electron chi connectivity index (χ3n) is 4.76. The average molecular weight is 499 g/mol. The van der Waals surface area contributed by atoms with Crippen molar-refractivity contribution in [3.8, 4) is 5.75 Å². The van der Waals surface area contributed by atoms with Crippen LogP contribution in [-0.4, -0.2) is 49.3 Å². The van der Waals surface area contributed by atoms with Gasteiger partial charge in [-0.2, -0.15) is 0 Å². The molecule has 0 radical (unpaired) electrons. The zero-order valence-electron chi connectivity index (χ0n) is 16.6. The summed E-state index contributed by atoms with van der Waals surface area (Å²) in [5.74, 6) is 1.68. The highest BCUT2D eigenvalue weighted by Crippen LogP contribution is 2.27. The molecule has 1 aromatic heterocycles. The molecular formula is C20H30IN5O2. The van der Waals surface area contributed by atoms with Gasteiger partial charge in [0.2, 0.25) is 0 Å². The van der Waals surface area contributed by atoms with E-state index in [4.69, 9.17) is 9.26 Å². The van der Waals surface area contributed by atoms with Crippen LogP contribution in [0.2, 0.25) is 0 Å². The lowest BCUT2D eigenvalue weighted by atomic mass is 10.1. The molecule has 1 saturated heterocycles. The molecule has 1 fully saturated rings. The van der Waals surface area contributed by atoms with Crippen LogP contribution in [0.5, 0.6) is 5.75 Å². The molecule has 1 aromatic carbocycles. The van der Waals surface area contributed by atoms with Crippen LogP contribution in [0, 0.1) is 0 Å². The van der Waals surface area contributed by atoms with Crippen molar-refractivity contribution in [3.63, 3.8) is 0 Å². The number of halogens is 1. The molecule has 2 aromatic rings. The van der Waals surface area contributed by atoms with E-state index in [0.29, 0.717) is 6.54 Å². The molecule has 3 rings (SSSR count). The fourth-order valence-electron chi connectivity index (χ4n) is 3.37. The largest absolute Gasteiger partial charge is 0.497 e. The van der Waals surface area contributed by atoms with Crippen molar-refractivity contribution < 1.29 is 9.26 Å². The summed E-state index contributed by atoms with van der Waals surface area (Å²) in [5.41, 5.74) is 2.08. The molecule has 0 aliphatic carbocycles. The summed E-state index contributed by atoms with van der Waals surface area (Å²) in [4.78, 5) is 7.14. The number of aliphatic imine (C=N–C) groups is 1. The number of nitrogens with one attached hydrogen (secondary N) is 2. The first-order valence-corrected chi connectivity index (χ1v) is 9.59. The fourth-order valence-corrected chi connectivity index (χ4v) is 3.37. The third kappa shape index (κ3) is 6.37. The van der Waals surface area contributed by atoms with Crippen LogP contribution in [0.3, 0.4) is 0 Å². The first-order chi connectivity index (χ1) is 13.3. The SMILES string of the molecule is CCNC(=NCc1ccon1)NCC(c1cccc(OC)c1)N1CCCC1.I. The number of hydrogen-bond donors (Lipinski definition) is 2. The predicted octanol–water partition coefficient (Wildman–Crippen LogP) is 3.19. The Morgan fingerprint density at radius 2 is 2.11 bits per heavy atom. The van der Waals surface area contributed by atoms with Crippen molar-refractivity contribution >= 4 is 29.9 Å². The van der Waals surface area contributed by atoms with E-state index in [1.54, 1.807) is 13.4 Å². The summed E-state index contributed by atoms with van der Waals surface area (Å²) in [6, 6.07) is 10.5. The van der Waals surface area contributed by atoms with E-state index < -0.39 is 0 Å². The van der Waals surface area contributed by atoms with Gasteiger partial charge in [-0.3, -0.25) is 4.90 Å². The van der Waals surface area contributed by atoms with Gasteiger partial charge < -0.3 is 19.9 Å². The van der Waals surface area contributed by atoms with Crippen molar-refractivity contribution in [2.75, 3.05) is 33.3 Å². The van der Waals surface area contributed by atoms with Crippen LogP contribution >= 0.6 is 24.0 Å². The number of nitrogens with zero attached hydrogens (tertiary/aromatic N) is 3. The maximum Gasteiger partial charge on any atom is 0.191 e. The first-order valence-electron chi connectivity index (χ1n) is 9.59. The van der Waals surface area contributed by atoms with Crippen molar-refractivity contribution in [1.82, 2.24) is 20.7 Å². The van der Waals surface area contributed by atoms with Crippen LogP contribution < -0.4 is 15.4 Å². The van der Waals surface area contributed by atoms with Gasteiger partial charge in [-0.05, 0) is 50.6 Å². The second kappa shape index (κ2) is 11.9. The van der Waals surface area contributed by atoms with Gasteiger partial charge in [0.15, 0.2) is 5.96 Å². The van der Waals surface area contributed by atoms with E-state index in [-0.39, 0.29) is 30.0 Å². The zero-order chi connectivity index (χ0) is 18.9. The molecule has 154 valence electrons. The second-order valence-corrected chi connectivity index (χ2v) is 6.60. The number of methoxy groups -OCH3 is 1. The van der Waals surface area contributed by atoms with Crippen LogP contribution in [0.25, 0.3) is 0 Å². The minimum Gasteiger partial charge on any atom is -0.497 e. The standard InChI is InChI=1S/C20H29N5O2.HI/c1-3-21-20(22-14-17-9-12-27-24-17)23-15-19(25-10-4-5-11-25)16-7-6-8-18(13-16)26-2;/h6-9,12-13,19H,3-5,10-11,14-15H2,1-2H3,(H2,21,22,23);1H. The molecule has 8 heteroatoms. The zero-order valence-corrected chi connectivity index (χ0v) is 18.9. The third-order valence-corrected chi connectivity index (χ3v) is 4.76. The highest BCUT2D eigenvalue weighted by Gasteiger charge is 2.24. The average Bonchev–Trinajstić information content (AvgIpc) is 3.40. The molecule has 0 amide bonds. The number of benzene rings is 1. The van der Waals surface area contributed by atoms with Crippen LogP contribution in [-0.2, 0) is 6.54 Å². The summed E-state index contributed by atoms with van der Waals surface area (Å²) in [5, 5.41) is 10.7. The van der Waals surface area contributed by atoms with E-state index >= 15 is 0 Å². The van der Waals surface area contributed by atoms with E-state index in [0.717, 1.165) is 43.6 Å². The quantitative estimate of drug-likeness (QED) is 0.330. The van der Waals surface area contributed by atoms with E-state index in [2.05, 4.69) is 50.8 Å². The molecule has 2 N–H and O–H groups in total. The Morgan fingerprint density at radius 1 is 1.29 bits per heavy atom.